The summed E-state index contributed by atoms with van der Waals surface area (Å²) in [6.45, 7) is 8.58. The van der Waals surface area contributed by atoms with E-state index >= 15 is 0 Å². The number of nitrogens with zero attached hydrogens (tertiary/aromatic N) is 2. The van der Waals surface area contributed by atoms with Gasteiger partial charge >= 0.3 is 0 Å². The Bertz CT molecular complexity index is 682. The van der Waals surface area contributed by atoms with Gasteiger partial charge in [-0.05, 0) is 37.5 Å². The first kappa shape index (κ1) is 18.9. The minimum absolute atomic E-state index is 0.0937. The minimum atomic E-state index is -3.68. The van der Waals surface area contributed by atoms with Crippen molar-refractivity contribution in [2.45, 2.75) is 32.1 Å². The van der Waals surface area contributed by atoms with Crippen LogP contribution in [0.2, 0.25) is 0 Å². The molecule has 1 aliphatic rings. The van der Waals surface area contributed by atoms with Gasteiger partial charge in [-0.2, -0.15) is 4.31 Å². The average Bonchev–Trinajstić information content (AvgIpc) is 2.57. The Morgan fingerprint density at radius 1 is 1.25 bits per heavy atom. The Kier molecular flexibility index (Phi) is 6.37. The van der Waals surface area contributed by atoms with Crippen molar-refractivity contribution in [1.29, 1.82) is 0 Å². The first-order valence-electron chi connectivity index (χ1n) is 8.42. The van der Waals surface area contributed by atoms with Gasteiger partial charge in [-0.15, -0.1) is 0 Å². The molecule has 1 aliphatic heterocycles. The van der Waals surface area contributed by atoms with E-state index in [0.717, 1.165) is 18.7 Å². The standard InChI is InChI=1S/C17H27N3O3S/c1-4-9-20(13-17(21)19-10-7-18-8-11-19)24(22,23)16-12-14(2)5-6-15(16)3/h5-6,12,18H,4,7-11,13H2,1-3H3. The number of carbonyl (C=O) groups is 1. The van der Waals surface area contributed by atoms with Gasteiger partial charge in [-0.25, -0.2) is 8.42 Å². The van der Waals surface area contributed by atoms with Crippen LogP contribution in [0.5, 0.6) is 0 Å². The van der Waals surface area contributed by atoms with Crippen molar-refractivity contribution < 1.29 is 13.2 Å². The molecule has 2 rings (SSSR count). The molecule has 0 saturated carbocycles. The number of benzene rings is 1. The highest BCUT2D eigenvalue weighted by molar-refractivity contribution is 7.89. The van der Waals surface area contributed by atoms with E-state index in [-0.39, 0.29) is 12.5 Å². The molecule has 1 saturated heterocycles. The van der Waals surface area contributed by atoms with E-state index in [1.54, 1.807) is 17.9 Å². The molecule has 0 atom stereocenters. The maximum Gasteiger partial charge on any atom is 0.243 e. The van der Waals surface area contributed by atoms with E-state index in [9.17, 15) is 13.2 Å². The van der Waals surface area contributed by atoms with Crippen molar-refractivity contribution in [1.82, 2.24) is 14.5 Å². The molecule has 0 spiro atoms. The molecule has 0 radical (unpaired) electrons. The summed E-state index contributed by atoms with van der Waals surface area (Å²) in [4.78, 5) is 14.5. The second-order valence-corrected chi connectivity index (χ2v) is 8.14. The highest BCUT2D eigenvalue weighted by Gasteiger charge is 2.29. The van der Waals surface area contributed by atoms with E-state index in [1.807, 2.05) is 26.0 Å². The van der Waals surface area contributed by atoms with Crippen LogP contribution in [-0.2, 0) is 14.8 Å². The second kappa shape index (κ2) is 8.09. The van der Waals surface area contributed by atoms with Crippen LogP contribution in [-0.4, -0.2) is 62.8 Å². The number of amides is 1. The number of carbonyl (C=O) groups excluding carboxylic acids is 1. The molecule has 1 heterocycles. The molecule has 134 valence electrons. The Labute approximate surface area is 144 Å². The molecule has 1 amide bonds. The number of aryl methyl sites for hydroxylation is 2. The summed E-state index contributed by atoms with van der Waals surface area (Å²) in [5.74, 6) is -0.126. The Balaban J connectivity index is 2.24. The molecular weight excluding hydrogens is 326 g/mol. The van der Waals surface area contributed by atoms with E-state index < -0.39 is 10.0 Å². The number of nitrogens with one attached hydrogen (secondary N) is 1. The zero-order chi connectivity index (χ0) is 17.7. The molecule has 6 nitrogen and oxygen atoms in total. The normalized spacial score (nSPS) is 15.8. The van der Waals surface area contributed by atoms with Crippen molar-refractivity contribution in [3.8, 4) is 0 Å². The summed E-state index contributed by atoms with van der Waals surface area (Å²) < 4.78 is 27.4. The smallest absolute Gasteiger partial charge is 0.243 e. The first-order chi connectivity index (χ1) is 11.4. The van der Waals surface area contributed by atoms with Crippen LogP contribution in [0.1, 0.15) is 24.5 Å². The zero-order valence-electron chi connectivity index (χ0n) is 14.7. The highest BCUT2D eigenvalue weighted by atomic mass is 32.2. The van der Waals surface area contributed by atoms with Crippen molar-refractivity contribution in [2.75, 3.05) is 39.3 Å². The molecule has 1 fully saturated rings. The van der Waals surface area contributed by atoms with Crippen LogP contribution in [0.25, 0.3) is 0 Å². The molecule has 0 aromatic heterocycles. The number of hydrogen-bond acceptors (Lipinski definition) is 4. The molecule has 24 heavy (non-hydrogen) atoms. The van der Waals surface area contributed by atoms with Gasteiger partial charge in [0, 0.05) is 32.7 Å². The van der Waals surface area contributed by atoms with Gasteiger partial charge in [0.15, 0.2) is 0 Å². The lowest BCUT2D eigenvalue weighted by Crippen LogP contribution is -2.50. The third kappa shape index (κ3) is 4.34. The molecule has 7 heteroatoms. The maximum atomic E-state index is 13.1. The summed E-state index contributed by atoms with van der Waals surface area (Å²) in [6, 6.07) is 5.39. The van der Waals surface area contributed by atoms with Gasteiger partial charge in [0.05, 0.1) is 11.4 Å². The molecule has 0 aliphatic carbocycles. The summed E-state index contributed by atoms with van der Waals surface area (Å²) in [5, 5.41) is 3.19. The number of hydrogen-bond donors (Lipinski definition) is 1. The summed E-state index contributed by atoms with van der Waals surface area (Å²) >= 11 is 0. The summed E-state index contributed by atoms with van der Waals surface area (Å²) in [6.07, 6.45) is 0.666. The first-order valence-corrected chi connectivity index (χ1v) is 9.86. The lowest BCUT2D eigenvalue weighted by molar-refractivity contribution is -0.131. The Morgan fingerprint density at radius 2 is 1.92 bits per heavy atom. The van der Waals surface area contributed by atoms with Crippen LogP contribution in [0.3, 0.4) is 0 Å². The number of piperazine rings is 1. The SMILES string of the molecule is CCCN(CC(=O)N1CCNCC1)S(=O)(=O)c1cc(C)ccc1C. The fourth-order valence-electron chi connectivity index (χ4n) is 2.82. The summed E-state index contributed by atoms with van der Waals surface area (Å²) in [5.41, 5.74) is 1.60. The molecular formula is C17H27N3O3S. The van der Waals surface area contributed by atoms with Crippen LogP contribution >= 0.6 is 0 Å². The number of rotatable bonds is 6. The van der Waals surface area contributed by atoms with Crippen LogP contribution < -0.4 is 5.32 Å². The zero-order valence-corrected chi connectivity index (χ0v) is 15.5. The molecule has 0 bridgehead atoms. The highest BCUT2D eigenvalue weighted by Crippen LogP contribution is 2.21. The van der Waals surface area contributed by atoms with Gasteiger partial charge in [0.25, 0.3) is 0 Å². The van der Waals surface area contributed by atoms with E-state index in [0.29, 0.717) is 36.5 Å². The molecule has 1 N–H and O–H groups in total. The number of sulfonamides is 1. The quantitative estimate of drug-likeness (QED) is 0.832. The molecule has 1 aromatic rings. The largest absolute Gasteiger partial charge is 0.339 e. The topological polar surface area (TPSA) is 69.7 Å². The van der Waals surface area contributed by atoms with Gasteiger partial charge < -0.3 is 10.2 Å². The Morgan fingerprint density at radius 3 is 2.54 bits per heavy atom. The van der Waals surface area contributed by atoms with Gasteiger partial charge in [0.1, 0.15) is 0 Å². The van der Waals surface area contributed by atoms with E-state index in [1.165, 1.54) is 4.31 Å². The van der Waals surface area contributed by atoms with Crippen molar-refractivity contribution in [3.63, 3.8) is 0 Å². The van der Waals surface area contributed by atoms with Crippen molar-refractivity contribution in [2.24, 2.45) is 0 Å². The van der Waals surface area contributed by atoms with Crippen LogP contribution in [0.4, 0.5) is 0 Å². The van der Waals surface area contributed by atoms with E-state index in [2.05, 4.69) is 5.32 Å². The van der Waals surface area contributed by atoms with Crippen LogP contribution in [0, 0.1) is 13.8 Å². The fraction of sp³-hybridized carbons (Fsp3) is 0.588. The third-order valence-electron chi connectivity index (χ3n) is 4.22. The predicted molar refractivity (Wildman–Crippen MR) is 94.4 cm³/mol. The molecule has 1 aromatic carbocycles. The third-order valence-corrected chi connectivity index (χ3v) is 6.20. The van der Waals surface area contributed by atoms with Gasteiger partial charge in [-0.1, -0.05) is 19.1 Å². The lowest BCUT2D eigenvalue weighted by atomic mass is 10.2. The van der Waals surface area contributed by atoms with Gasteiger partial charge in [-0.3, -0.25) is 4.79 Å². The minimum Gasteiger partial charge on any atom is -0.339 e. The average molecular weight is 353 g/mol. The monoisotopic (exact) mass is 353 g/mol. The molecule has 0 unspecified atom stereocenters. The van der Waals surface area contributed by atoms with Gasteiger partial charge in [0.2, 0.25) is 15.9 Å². The Hall–Kier alpha value is -1.44. The van der Waals surface area contributed by atoms with Crippen molar-refractivity contribution in [3.05, 3.63) is 29.3 Å². The van der Waals surface area contributed by atoms with Crippen LogP contribution in [0.15, 0.2) is 23.1 Å². The predicted octanol–water partition coefficient (Wildman–Crippen LogP) is 1.14. The van der Waals surface area contributed by atoms with E-state index in [4.69, 9.17) is 0 Å². The second-order valence-electron chi connectivity index (χ2n) is 6.24. The summed E-state index contributed by atoms with van der Waals surface area (Å²) in [7, 11) is -3.68. The lowest BCUT2D eigenvalue weighted by Gasteiger charge is -2.30. The fourth-order valence-corrected chi connectivity index (χ4v) is 4.61. The van der Waals surface area contributed by atoms with Crippen molar-refractivity contribution >= 4 is 15.9 Å². The maximum absolute atomic E-state index is 13.1.